The minimum absolute atomic E-state index is 0.0783. The van der Waals surface area contributed by atoms with Crippen LogP contribution < -0.4 is 5.32 Å². The van der Waals surface area contributed by atoms with Gasteiger partial charge in [0.2, 0.25) is 5.91 Å². The molecule has 1 unspecified atom stereocenters. The van der Waals surface area contributed by atoms with E-state index in [0.717, 1.165) is 22.8 Å². The highest BCUT2D eigenvalue weighted by Crippen LogP contribution is 2.17. The molecule has 1 atom stereocenters. The third-order valence-electron chi connectivity index (χ3n) is 4.02. The van der Waals surface area contributed by atoms with Gasteiger partial charge in [-0.05, 0) is 45.0 Å². The van der Waals surface area contributed by atoms with Crippen LogP contribution in [0.3, 0.4) is 0 Å². The molecule has 0 fully saturated rings. The van der Waals surface area contributed by atoms with Crippen LogP contribution in [-0.2, 0) is 4.79 Å². The summed E-state index contributed by atoms with van der Waals surface area (Å²) >= 11 is 0. The molecule has 1 amide bonds. The topological polar surface area (TPSA) is 64.7 Å². The molecular weight excluding hydrogens is 290 g/mol. The third-order valence-corrected chi connectivity index (χ3v) is 4.02. The van der Waals surface area contributed by atoms with Gasteiger partial charge in [0.1, 0.15) is 6.04 Å². The molecule has 118 valence electrons. The van der Waals surface area contributed by atoms with Gasteiger partial charge in [0.15, 0.2) is 0 Å². The first kappa shape index (κ1) is 15.0. The second-order valence-electron chi connectivity index (χ2n) is 5.51. The smallest absolute Gasteiger partial charge is 0.247 e. The van der Waals surface area contributed by atoms with E-state index in [1.54, 1.807) is 29.6 Å². The lowest BCUT2D eigenvalue weighted by Gasteiger charge is -2.14. The number of amides is 1. The Morgan fingerprint density at radius 1 is 1.17 bits per heavy atom. The van der Waals surface area contributed by atoms with Gasteiger partial charge < -0.3 is 14.5 Å². The quantitative estimate of drug-likeness (QED) is 0.806. The van der Waals surface area contributed by atoms with Crippen LogP contribution in [0, 0.1) is 13.8 Å². The average molecular weight is 309 g/mol. The fourth-order valence-electron chi connectivity index (χ4n) is 2.34. The fourth-order valence-corrected chi connectivity index (χ4v) is 2.34. The first-order valence-corrected chi connectivity index (χ1v) is 7.45. The molecule has 1 aromatic carbocycles. The van der Waals surface area contributed by atoms with Gasteiger partial charge in [-0.2, -0.15) is 0 Å². The van der Waals surface area contributed by atoms with E-state index in [-0.39, 0.29) is 11.9 Å². The fraction of sp³-hybridized carbons (Fsp3) is 0.235. The van der Waals surface area contributed by atoms with Gasteiger partial charge in [0.25, 0.3) is 0 Å². The summed E-state index contributed by atoms with van der Waals surface area (Å²) in [6, 6.07) is 7.40. The summed E-state index contributed by atoms with van der Waals surface area (Å²) < 4.78 is 3.79. The summed E-state index contributed by atoms with van der Waals surface area (Å²) in [6.07, 6.45) is 6.88. The number of benzene rings is 1. The number of anilines is 1. The lowest BCUT2D eigenvalue weighted by Crippen LogP contribution is -2.22. The summed E-state index contributed by atoms with van der Waals surface area (Å²) in [5, 5.41) is 2.92. The molecule has 0 radical (unpaired) electrons. The highest BCUT2D eigenvalue weighted by molar-refractivity contribution is 5.93. The van der Waals surface area contributed by atoms with Crippen LogP contribution >= 0.6 is 0 Å². The van der Waals surface area contributed by atoms with Crippen molar-refractivity contribution >= 4 is 11.6 Å². The van der Waals surface area contributed by atoms with Crippen molar-refractivity contribution in [1.29, 1.82) is 0 Å². The molecule has 3 aromatic rings. The molecule has 0 bridgehead atoms. The molecule has 0 aliphatic rings. The van der Waals surface area contributed by atoms with Crippen molar-refractivity contribution in [1.82, 2.24) is 19.1 Å². The van der Waals surface area contributed by atoms with E-state index in [4.69, 9.17) is 0 Å². The van der Waals surface area contributed by atoms with Crippen molar-refractivity contribution in [2.75, 3.05) is 5.32 Å². The molecule has 0 saturated carbocycles. The average Bonchev–Trinajstić information content (AvgIpc) is 3.19. The van der Waals surface area contributed by atoms with Crippen molar-refractivity contribution in [3.8, 4) is 5.69 Å². The molecule has 0 aliphatic heterocycles. The number of carbonyl (C=O) groups excluding carboxylic acids is 1. The van der Waals surface area contributed by atoms with E-state index < -0.39 is 0 Å². The largest absolute Gasteiger partial charge is 0.325 e. The summed E-state index contributed by atoms with van der Waals surface area (Å²) in [4.78, 5) is 20.5. The number of carbonyl (C=O) groups is 1. The minimum atomic E-state index is -0.310. The molecule has 3 rings (SSSR count). The molecule has 2 heterocycles. The molecule has 23 heavy (non-hydrogen) atoms. The maximum absolute atomic E-state index is 12.2. The zero-order chi connectivity index (χ0) is 16.4. The number of rotatable bonds is 4. The van der Waals surface area contributed by atoms with Crippen molar-refractivity contribution in [2.45, 2.75) is 26.8 Å². The van der Waals surface area contributed by atoms with E-state index in [1.165, 1.54) is 0 Å². The second-order valence-corrected chi connectivity index (χ2v) is 5.51. The number of aryl methyl sites for hydroxylation is 1. The molecule has 0 spiro atoms. The van der Waals surface area contributed by atoms with Crippen LogP contribution in [-0.4, -0.2) is 25.0 Å². The summed E-state index contributed by atoms with van der Waals surface area (Å²) in [7, 11) is 0. The zero-order valence-corrected chi connectivity index (χ0v) is 13.4. The van der Waals surface area contributed by atoms with Gasteiger partial charge >= 0.3 is 0 Å². The van der Waals surface area contributed by atoms with Gasteiger partial charge in [0.05, 0.1) is 18.3 Å². The summed E-state index contributed by atoms with van der Waals surface area (Å²) in [6.45, 7) is 5.85. The van der Waals surface area contributed by atoms with Crippen LogP contribution in [0.5, 0.6) is 0 Å². The van der Waals surface area contributed by atoms with E-state index in [1.807, 2.05) is 49.6 Å². The SMILES string of the molecule is Cc1ncn(-c2ccc(NC(=O)C(C)n3ccnc3)cc2)c1C. The molecule has 2 aromatic heterocycles. The number of nitrogens with zero attached hydrogens (tertiary/aromatic N) is 4. The highest BCUT2D eigenvalue weighted by Gasteiger charge is 2.14. The number of imidazole rings is 2. The van der Waals surface area contributed by atoms with Gasteiger partial charge in [0, 0.05) is 29.5 Å². The molecule has 0 saturated heterocycles. The number of aromatic nitrogens is 4. The lowest BCUT2D eigenvalue weighted by atomic mass is 10.2. The van der Waals surface area contributed by atoms with Crippen molar-refractivity contribution < 1.29 is 4.79 Å². The summed E-state index contributed by atoms with van der Waals surface area (Å²) in [5.41, 5.74) is 3.90. The van der Waals surface area contributed by atoms with E-state index in [9.17, 15) is 4.79 Å². The molecule has 6 nitrogen and oxygen atoms in total. The number of nitrogens with one attached hydrogen (secondary N) is 1. The van der Waals surface area contributed by atoms with Crippen LogP contribution in [0.2, 0.25) is 0 Å². The standard InChI is InChI=1S/C17H19N5O/c1-12-13(2)22(11-19-12)16-6-4-15(5-7-16)20-17(23)14(3)21-9-8-18-10-21/h4-11,14H,1-3H3,(H,20,23). The second kappa shape index (κ2) is 6.08. The Balaban J connectivity index is 1.73. The first-order chi connectivity index (χ1) is 11.1. The van der Waals surface area contributed by atoms with Crippen LogP contribution in [0.4, 0.5) is 5.69 Å². The van der Waals surface area contributed by atoms with Crippen molar-refractivity contribution in [3.05, 3.63) is 60.7 Å². The Hall–Kier alpha value is -2.89. The zero-order valence-electron chi connectivity index (χ0n) is 13.4. The summed E-state index contributed by atoms with van der Waals surface area (Å²) in [5.74, 6) is -0.0783. The number of hydrogen-bond acceptors (Lipinski definition) is 3. The molecule has 6 heteroatoms. The first-order valence-electron chi connectivity index (χ1n) is 7.45. The maximum atomic E-state index is 12.2. The van der Waals surface area contributed by atoms with Gasteiger partial charge in [-0.1, -0.05) is 0 Å². The van der Waals surface area contributed by atoms with E-state index in [2.05, 4.69) is 15.3 Å². The Labute approximate surface area is 134 Å². The lowest BCUT2D eigenvalue weighted by molar-refractivity contribution is -0.118. The van der Waals surface area contributed by atoms with Crippen LogP contribution in [0.25, 0.3) is 5.69 Å². The predicted molar refractivity (Wildman–Crippen MR) is 88.6 cm³/mol. The highest BCUT2D eigenvalue weighted by atomic mass is 16.2. The maximum Gasteiger partial charge on any atom is 0.247 e. The van der Waals surface area contributed by atoms with Gasteiger partial charge in [-0.3, -0.25) is 4.79 Å². The monoisotopic (exact) mass is 309 g/mol. The normalized spacial score (nSPS) is 12.1. The minimum Gasteiger partial charge on any atom is -0.325 e. The van der Waals surface area contributed by atoms with Gasteiger partial charge in [-0.15, -0.1) is 0 Å². The molecular formula is C17H19N5O. The molecule has 1 N–H and O–H groups in total. The Kier molecular flexibility index (Phi) is 3.97. The Morgan fingerprint density at radius 2 is 1.91 bits per heavy atom. The van der Waals surface area contributed by atoms with Crippen molar-refractivity contribution in [3.63, 3.8) is 0 Å². The van der Waals surface area contributed by atoms with Crippen LogP contribution in [0.1, 0.15) is 24.4 Å². The van der Waals surface area contributed by atoms with Crippen molar-refractivity contribution in [2.24, 2.45) is 0 Å². The third kappa shape index (κ3) is 3.01. The Morgan fingerprint density at radius 3 is 2.48 bits per heavy atom. The Bertz CT molecular complexity index is 802. The van der Waals surface area contributed by atoms with Gasteiger partial charge in [-0.25, -0.2) is 9.97 Å². The number of hydrogen-bond donors (Lipinski definition) is 1. The van der Waals surface area contributed by atoms with Crippen LogP contribution in [0.15, 0.2) is 49.3 Å². The predicted octanol–water partition coefficient (Wildman–Crippen LogP) is 2.89. The van der Waals surface area contributed by atoms with E-state index in [0.29, 0.717) is 0 Å². The van der Waals surface area contributed by atoms with E-state index >= 15 is 0 Å². The molecule has 0 aliphatic carbocycles.